The summed E-state index contributed by atoms with van der Waals surface area (Å²) in [4.78, 5) is 0. The highest BCUT2D eigenvalue weighted by atomic mass is 35.5. The average molecular weight is 293 g/mol. The van der Waals surface area contributed by atoms with Crippen LogP contribution in [-0.2, 0) is 5.88 Å². The number of hydrogen-bond acceptors (Lipinski definition) is 3. The lowest BCUT2D eigenvalue weighted by Crippen LogP contribution is -1.96. The number of aryl methyl sites for hydroxylation is 1. The number of benzene rings is 2. The lowest BCUT2D eigenvalue weighted by molar-refractivity contribution is 0.345. The van der Waals surface area contributed by atoms with Crippen LogP contribution >= 0.6 is 11.6 Å². The van der Waals surface area contributed by atoms with Gasteiger partial charge >= 0.3 is 0 Å². The maximum atomic E-state index is 5.99. The molecule has 0 heterocycles. The predicted molar refractivity (Wildman–Crippen MR) is 80.4 cm³/mol. The summed E-state index contributed by atoms with van der Waals surface area (Å²) in [7, 11) is 3.20. The Balaban J connectivity index is 2.43. The molecule has 0 radical (unpaired) electrons. The van der Waals surface area contributed by atoms with Crippen molar-refractivity contribution in [2.75, 3.05) is 14.2 Å². The zero-order valence-corrected chi connectivity index (χ0v) is 12.5. The van der Waals surface area contributed by atoms with E-state index in [1.54, 1.807) is 14.2 Å². The molecule has 4 heteroatoms. The second-order valence-electron chi connectivity index (χ2n) is 4.33. The van der Waals surface area contributed by atoms with Crippen LogP contribution in [-0.4, -0.2) is 14.2 Å². The van der Waals surface area contributed by atoms with Crippen molar-refractivity contribution in [3.8, 4) is 23.0 Å². The first kappa shape index (κ1) is 14.5. The van der Waals surface area contributed by atoms with Gasteiger partial charge in [0, 0.05) is 5.88 Å². The standard InChI is InChI=1S/C16H17ClO3/c1-11-7-8-12(10-17)9-15(11)20-16-13(18-2)5-4-6-14(16)19-3/h4-9H,10H2,1-3H3. The third kappa shape index (κ3) is 2.99. The lowest BCUT2D eigenvalue weighted by atomic mass is 10.1. The highest BCUT2D eigenvalue weighted by Gasteiger charge is 2.13. The fourth-order valence-corrected chi connectivity index (χ4v) is 2.03. The molecular weight excluding hydrogens is 276 g/mol. The highest BCUT2D eigenvalue weighted by molar-refractivity contribution is 6.17. The molecule has 2 aromatic rings. The Morgan fingerprint density at radius 1 is 0.950 bits per heavy atom. The smallest absolute Gasteiger partial charge is 0.211 e. The molecule has 2 rings (SSSR count). The zero-order valence-electron chi connectivity index (χ0n) is 11.8. The Hall–Kier alpha value is -1.87. The van der Waals surface area contributed by atoms with Crippen molar-refractivity contribution >= 4 is 11.6 Å². The van der Waals surface area contributed by atoms with Crippen LogP contribution in [0.25, 0.3) is 0 Å². The molecule has 0 unspecified atom stereocenters. The normalized spacial score (nSPS) is 10.2. The molecule has 0 saturated heterocycles. The number of para-hydroxylation sites is 1. The quantitative estimate of drug-likeness (QED) is 0.757. The summed E-state index contributed by atoms with van der Waals surface area (Å²) in [6.45, 7) is 1.98. The molecular formula is C16H17ClO3. The van der Waals surface area contributed by atoms with Gasteiger partial charge in [0.25, 0.3) is 0 Å². The second-order valence-corrected chi connectivity index (χ2v) is 4.59. The fraction of sp³-hybridized carbons (Fsp3) is 0.250. The minimum Gasteiger partial charge on any atom is -0.493 e. The van der Waals surface area contributed by atoms with Gasteiger partial charge in [-0.05, 0) is 36.2 Å². The molecule has 0 aliphatic heterocycles. The minimum atomic E-state index is 0.444. The van der Waals surface area contributed by atoms with Crippen LogP contribution in [0.1, 0.15) is 11.1 Å². The van der Waals surface area contributed by atoms with Crippen molar-refractivity contribution in [1.82, 2.24) is 0 Å². The molecule has 20 heavy (non-hydrogen) atoms. The maximum absolute atomic E-state index is 5.99. The molecule has 0 aliphatic carbocycles. The Bertz CT molecular complexity index is 574. The van der Waals surface area contributed by atoms with E-state index in [1.165, 1.54) is 0 Å². The third-order valence-electron chi connectivity index (χ3n) is 3.00. The first-order chi connectivity index (χ1) is 9.69. The van der Waals surface area contributed by atoms with E-state index in [-0.39, 0.29) is 0 Å². The molecule has 0 atom stereocenters. The van der Waals surface area contributed by atoms with Gasteiger partial charge in [-0.2, -0.15) is 0 Å². The van der Waals surface area contributed by atoms with E-state index in [1.807, 2.05) is 43.3 Å². The number of hydrogen-bond donors (Lipinski definition) is 0. The van der Waals surface area contributed by atoms with Crippen LogP contribution in [0.3, 0.4) is 0 Å². The number of methoxy groups -OCH3 is 2. The van der Waals surface area contributed by atoms with Gasteiger partial charge in [-0.3, -0.25) is 0 Å². The van der Waals surface area contributed by atoms with Gasteiger partial charge in [-0.15, -0.1) is 11.6 Å². The van der Waals surface area contributed by atoms with Crippen LogP contribution < -0.4 is 14.2 Å². The third-order valence-corrected chi connectivity index (χ3v) is 3.31. The second kappa shape index (κ2) is 6.53. The van der Waals surface area contributed by atoms with Gasteiger partial charge in [0.05, 0.1) is 14.2 Å². The Morgan fingerprint density at radius 3 is 2.15 bits per heavy atom. The molecule has 0 aromatic heterocycles. The van der Waals surface area contributed by atoms with Crippen molar-refractivity contribution in [3.63, 3.8) is 0 Å². The van der Waals surface area contributed by atoms with E-state index < -0.39 is 0 Å². The van der Waals surface area contributed by atoms with Crippen molar-refractivity contribution in [2.45, 2.75) is 12.8 Å². The van der Waals surface area contributed by atoms with E-state index in [2.05, 4.69) is 0 Å². The lowest BCUT2D eigenvalue weighted by Gasteiger charge is -2.15. The van der Waals surface area contributed by atoms with Crippen LogP contribution in [0, 0.1) is 6.92 Å². The topological polar surface area (TPSA) is 27.7 Å². The van der Waals surface area contributed by atoms with Crippen LogP contribution in [0.4, 0.5) is 0 Å². The van der Waals surface area contributed by atoms with Gasteiger partial charge in [0.2, 0.25) is 5.75 Å². The SMILES string of the molecule is COc1cccc(OC)c1Oc1cc(CCl)ccc1C. The van der Waals surface area contributed by atoms with Crippen molar-refractivity contribution in [3.05, 3.63) is 47.5 Å². The Morgan fingerprint density at radius 2 is 1.60 bits per heavy atom. The first-order valence-corrected chi connectivity index (χ1v) is 6.77. The summed E-state index contributed by atoms with van der Waals surface area (Å²) in [5.41, 5.74) is 2.02. The summed E-state index contributed by atoms with van der Waals surface area (Å²) < 4.78 is 16.6. The van der Waals surface area contributed by atoms with Crippen molar-refractivity contribution in [1.29, 1.82) is 0 Å². The molecule has 0 aliphatic rings. The number of ether oxygens (including phenoxy) is 3. The molecule has 0 bridgehead atoms. The van der Waals surface area contributed by atoms with E-state index in [0.717, 1.165) is 16.9 Å². The van der Waals surface area contributed by atoms with Gasteiger partial charge in [0.15, 0.2) is 11.5 Å². The van der Waals surface area contributed by atoms with Crippen molar-refractivity contribution < 1.29 is 14.2 Å². The molecule has 0 saturated carbocycles. The molecule has 2 aromatic carbocycles. The first-order valence-electron chi connectivity index (χ1n) is 6.24. The molecule has 0 amide bonds. The highest BCUT2D eigenvalue weighted by Crippen LogP contribution is 2.40. The number of alkyl halides is 1. The van der Waals surface area contributed by atoms with Gasteiger partial charge in [0.1, 0.15) is 5.75 Å². The van der Waals surface area contributed by atoms with E-state index in [9.17, 15) is 0 Å². The van der Waals surface area contributed by atoms with E-state index in [0.29, 0.717) is 23.1 Å². The van der Waals surface area contributed by atoms with E-state index in [4.69, 9.17) is 25.8 Å². The summed E-state index contributed by atoms with van der Waals surface area (Å²) in [5, 5.41) is 0. The number of rotatable bonds is 5. The minimum absolute atomic E-state index is 0.444. The summed E-state index contributed by atoms with van der Waals surface area (Å²) >= 11 is 5.87. The molecule has 0 fully saturated rings. The van der Waals surface area contributed by atoms with Gasteiger partial charge in [-0.1, -0.05) is 18.2 Å². The van der Waals surface area contributed by atoms with E-state index >= 15 is 0 Å². The van der Waals surface area contributed by atoms with Crippen LogP contribution in [0.5, 0.6) is 23.0 Å². The van der Waals surface area contributed by atoms with Crippen LogP contribution in [0.2, 0.25) is 0 Å². The number of halogens is 1. The summed E-state index contributed by atoms with van der Waals surface area (Å²) in [5.74, 6) is 3.00. The van der Waals surface area contributed by atoms with Crippen LogP contribution in [0.15, 0.2) is 36.4 Å². The largest absolute Gasteiger partial charge is 0.493 e. The molecule has 0 N–H and O–H groups in total. The molecule has 0 spiro atoms. The monoisotopic (exact) mass is 292 g/mol. The van der Waals surface area contributed by atoms with Crippen molar-refractivity contribution in [2.24, 2.45) is 0 Å². The van der Waals surface area contributed by atoms with Gasteiger partial charge < -0.3 is 14.2 Å². The summed E-state index contributed by atoms with van der Waals surface area (Å²) in [6, 6.07) is 11.4. The van der Waals surface area contributed by atoms with Gasteiger partial charge in [-0.25, -0.2) is 0 Å². The molecule has 106 valence electrons. The maximum Gasteiger partial charge on any atom is 0.211 e. The molecule has 3 nitrogen and oxygen atoms in total. The fourth-order valence-electron chi connectivity index (χ4n) is 1.87. The average Bonchev–Trinajstić information content (AvgIpc) is 2.49. The predicted octanol–water partition coefficient (Wildman–Crippen LogP) is 4.54. The summed E-state index contributed by atoms with van der Waals surface area (Å²) in [6.07, 6.45) is 0. The zero-order chi connectivity index (χ0) is 14.5. The Labute approximate surface area is 124 Å². The Kier molecular flexibility index (Phi) is 4.74.